The van der Waals surface area contributed by atoms with Gasteiger partial charge in [-0.3, -0.25) is 5.43 Å². The molecule has 0 amide bonds. The second kappa shape index (κ2) is 6.38. The van der Waals surface area contributed by atoms with Crippen molar-refractivity contribution < 1.29 is 0 Å². The maximum absolute atomic E-state index is 4.54. The Balaban J connectivity index is 1.54. The number of hydrazone groups is 1. The summed E-state index contributed by atoms with van der Waals surface area (Å²) < 4.78 is 2.08. The van der Waals surface area contributed by atoms with Crippen LogP contribution in [0, 0.1) is 0 Å². The van der Waals surface area contributed by atoms with Crippen LogP contribution in [0.1, 0.15) is 5.69 Å². The van der Waals surface area contributed by atoms with Crippen molar-refractivity contribution in [3.05, 3.63) is 90.8 Å². The molecule has 4 nitrogen and oxygen atoms in total. The van der Waals surface area contributed by atoms with E-state index in [4.69, 9.17) is 0 Å². The number of nitrogens with one attached hydrogen (secondary N) is 1. The molecule has 0 aliphatic carbocycles. The van der Waals surface area contributed by atoms with Crippen LogP contribution in [0.2, 0.25) is 0 Å². The van der Waals surface area contributed by atoms with Crippen LogP contribution in [-0.4, -0.2) is 15.8 Å². The third-order valence-corrected chi connectivity index (χ3v) is 3.79. The number of aromatic nitrogens is 2. The van der Waals surface area contributed by atoms with E-state index in [1.165, 1.54) is 0 Å². The van der Waals surface area contributed by atoms with Gasteiger partial charge in [0.05, 0.1) is 17.4 Å². The average molecular weight is 312 g/mol. The topological polar surface area (TPSA) is 42.2 Å². The van der Waals surface area contributed by atoms with Gasteiger partial charge in [-0.05, 0) is 42.5 Å². The van der Waals surface area contributed by atoms with E-state index >= 15 is 0 Å². The van der Waals surface area contributed by atoms with Crippen molar-refractivity contribution in [2.24, 2.45) is 5.10 Å². The van der Waals surface area contributed by atoms with Gasteiger partial charge < -0.3 is 4.57 Å². The summed E-state index contributed by atoms with van der Waals surface area (Å²) in [5.41, 5.74) is 6.05. The van der Waals surface area contributed by atoms with E-state index in [-0.39, 0.29) is 0 Å². The third kappa shape index (κ3) is 2.90. The largest absolute Gasteiger partial charge is 0.316 e. The highest BCUT2D eigenvalue weighted by molar-refractivity contribution is 5.81. The van der Waals surface area contributed by atoms with E-state index in [1.807, 2.05) is 72.9 Å². The molecule has 2 aromatic heterocycles. The number of anilines is 1. The molecule has 4 aromatic rings. The van der Waals surface area contributed by atoms with E-state index in [0.717, 1.165) is 28.1 Å². The molecule has 0 aliphatic heterocycles. The highest BCUT2D eigenvalue weighted by atomic mass is 15.3. The van der Waals surface area contributed by atoms with Crippen LogP contribution in [-0.2, 0) is 0 Å². The van der Waals surface area contributed by atoms with Crippen molar-refractivity contribution in [1.82, 2.24) is 9.55 Å². The predicted molar refractivity (Wildman–Crippen MR) is 98.7 cm³/mol. The first-order chi connectivity index (χ1) is 11.9. The molecule has 0 atom stereocenters. The van der Waals surface area contributed by atoms with Crippen LogP contribution in [0.15, 0.2) is 90.2 Å². The van der Waals surface area contributed by atoms with Crippen molar-refractivity contribution in [3.63, 3.8) is 0 Å². The minimum Gasteiger partial charge on any atom is -0.316 e. The van der Waals surface area contributed by atoms with E-state index in [9.17, 15) is 0 Å². The van der Waals surface area contributed by atoms with Crippen LogP contribution < -0.4 is 5.43 Å². The van der Waals surface area contributed by atoms with Gasteiger partial charge in [0.25, 0.3) is 0 Å². The van der Waals surface area contributed by atoms with Gasteiger partial charge in [-0.1, -0.05) is 36.4 Å². The van der Waals surface area contributed by atoms with Crippen molar-refractivity contribution in [3.8, 4) is 5.69 Å². The van der Waals surface area contributed by atoms with Gasteiger partial charge in [0.2, 0.25) is 0 Å². The molecule has 0 unspecified atom stereocenters. The lowest BCUT2D eigenvalue weighted by Crippen LogP contribution is -1.99. The summed E-state index contributed by atoms with van der Waals surface area (Å²) in [7, 11) is 0. The van der Waals surface area contributed by atoms with Crippen molar-refractivity contribution in [1.29, 1.82) is 0 Å². The van der Waals surface area contributed by atoms with Gasteiger partial charge in [0, 0.05) is 17.3 Å². The average Bonchev–Trinajstić information content (AvgIpc) is 3.11. The molecule has 0 saturated heterocycles. The number of hydrogen-bond donors (Lipinski definition) is 1. The summed E-state index contributed by atoms with van der Waals surface area (Å²) in [5, 5.41) is 5.43. The second-order valence-corrected chi connectivity index (χ2v) is 5.40. The van der Waals surface area contributed by atoms with E-state index in [2.05, 4.69) is 32.2 Å². The fourth-order valence-corrected chi connectivity index (χ4v) is 2.62. The Morgan fingerprint density at radius 1 is 0.833 bits per heavy atom. The highest BCUT2D eigenvalue weighted by Gasteiger charge is 2.00. The van der Waals surface area contributed by atoms with Gasteiger partial charge >= 0.3 is 0 Å². The monoisotopic (exact) mass is 312 g/mol. The zero-order valence-electron chi connectivity index (χ0n) is 13.0. The first-order valence-electron chi connectivity index (χ1n) is 7.78. The van der Waals surface area contributed by atoms with Crippen LogP contribution in [0.3, 0.4) is 0 Å². The van der Waals surface area contributed by atoms with Gasteiger partial charge in [-0.2, -0.15) is 5.10 Å². The van der Waals surface area contributed by atoms with Crippen molar-refractivity contribution >= 4 is 22.9 Å². The van der Waals surface area contributed by atoms with Crippen LogP contribution >= 0.6 is 0 Å². The van der Waals surface area contributed by atoms with E-state index in [0.29, 0.717) is 0 Å². The fourth-order valence-electron chi connectivity index (χ4n) is 2.62. The zero-order valence-corrected chi connectivity index (χ0v) is 13.0. The summed E-state index contributed by atoms with van der Waals surface area (Å²) >= 11 is 0. The summed E-state index contributed by atoms with van der Waals surface area (Å²) in [4.78, 5) is 4.54. The quantitative estimate of drug-likeness (QED) is 0.446. The molecule has 0 radical (unpaired) electrons. The van der Waals surface area contributed by atoms with Crippen LogP contribution in [0.5, 0.6) is 0 Å². The Kier molecular flexibility index (Phi) is 3.78. The van der Waals surface area contributed by atoms with Gasteiger partial charge in [-0.25, -0.2) is 4.98 Å². The molecule has 0 aliphatic rings. The predicted octanol–water partition coefficient (Wildman–Crippen LogP) is 4.47. The first-order valence-corrected chi connectivity index (χ1v) is 7.78. The zero-order chi connectivity index (χ0) is 16.2. The standard InChI is InChI=1S/C20H16N4/c1-2-8-17(9-3-1)24-14-6-10-18(24)15-21-23-20-13-12-16-7-4-5-11-19(16)22-20/h1-15H,(H,22,23)/b21-15-. The summed E-state index contributed by atoms with van der Waals surface area (Å²) in [6, 6.07) is 26.2. The molecule has 2 heterocycles. The Labute approximate surface area is 140 Å². The van der Waals surface area contributed by atoms with Crippen molar-refractivity contribution in [2.45, 2.75) is 0 Å². The summed E-state index contributed by atoms with van der Waals surface area (Å²) in [5.74, 6) is 0.725. The molecule has 0 fully saturated rings. The van der Waals surface area contributed by atoms with E-state index < -0.39 is 0 Å². The highest BCUT2D eigenvalue weighted by Crippen LogP contribution is 2.15. The lowest BCUT2D eigenvalue weighted by Gasteiger charge is -2.06. The molecule has 116 valence electrons. The van der Waals surface area contributed by atoms with Gasteiger partial charge in [-0.15, -0.1) is 0 Å². The lowest BCUT2D eigenvalue weighted by molar-refractivity contribution is 1.06. The molecule has 0 saturated carbocycles. The number of nitrogens with zero attached hydrogens (tertiary/aromatic N) is 3. The molecule has 4 heteroatoms. The SMILES string of the molecule is C(=N/Nc1ccc2ccccc2n1)/c1cccn1-c1ccccc1. The van der Waals surface area contributed by atoms with Gasteiger partial charge in [0.1, 0.15) is 5.82 Å². The number of rotatable bonds is 4. The molecule has 0 bridgehead atoms. The first kappa shape index (κ1) is 14.2. The molecule has 4 rings (SSSR count). The molecular formula is C20H16N4. The molecular weight excluding hydrogens is 296 g/mol. The van der Waals surface area contributed by atoms with Crippen LogP contribution in [0.25, 0.3) is 16.6 Å². The maximum atomic E-state index is 4.54. The molecule has 1 N–H and O–H groups in total. The smallest absolute Gasteiger partial charge is 0.146 e. The molecule has 0 spiro atoms. The summed E-state index contributed by atoms with van der Waals surface area (Å²) in [6.45, 7) is 0. The summed E-state index contributed by atoms with van der Waals surface area (Å²) in [6.07, 6.45) is 3.81. The number of hydrogen-bond acceptors (Lipinski definition) is 3. The van der Waals surface area contributed by atoms with E-state index in [1.54, 1.807) is 6.21 Å². The Hall–Kier alpha value is -3.40. The maximum Gasteiger partial charge on any atom is 0.146 e. The Bertz CT molecular complexity index is 987. The number of benzene rings is 2. The minimum atomic E-state index is 0.725. The lowest BCUT2D eigenvalue weighted by atomic mass is 10.2. The normalized spacial score (nSPS) is 11.2. The Morgan fingerprint density at radius 3 is 2.58 bits per heavy atom. The number of pyridine rings is 1. The number of para-hydroxylation sites is 2. The molecule has 24 heavy (non-hydrogen) atoms. The van der Waals surface area contributed by atoms with Crippen LogP contribution in [0.4, 0.5) is 5.82 Å². The third-order valence-electron chi connectivity index (χ3n) is 3.79. The Morgan fingerprint density at radius 2 is 1.67 bits per heavy atom. The molecule has 2 aromatic carbocycles. The fraction of sp³-hybridized carbons (Fsp3) is 0. The second-order valence-electron chi connectivity index (χ2n) is 5.40. The van der Waals surface area contributed by atoms with Crippen molar-refractivity contribution in [2.75, 3.05) is 5.43 Å². The van der Waals surface area contributed by atoms with Gasteiger partial charge in [0.15, 0.2) is 0 Å². The number of fused-ring (bicyclic) bond motifs is 1. The minimum absolute atomic E-state index is 0.725.